The molecule has 1 aromatic carbocycles. The first kappa shape index (κ1) is 15.8. The van der Waals surface area contributed by atoms with E-state index < -0.39 is 29.0 Å². The molecule has 0 aromatic heterocycles. The fourth-order valence-electron chi connectivity index (χ4n) is 2.44. The Hall–Kier alpha value is -1.63. The summed E-state index contributed by atoms with van der Waals surface area (Å²) < 4.78 is 52.0. The average molecular weight is 304 g/mol. The molecule has 0 aliphatic carbocycles. The van der Waals surface area contributed by atoms with Crippen LogP contribution < -0.4 is 5.32 Å². The van der Waals surface area contributed by atoms with E-state index >= 15 is 0 Å². The Bertz CT molecular complexity index is 524. The molecule has 1 fully saturated rings. The van der Waals surface area contributed by atoms with Crippen LogP contribution in [0.15, 0.2) is 18.2 Å². The van der Waals surface area contributed by atoms with Gasteiger partial charge in [0, 0.05) is 19.6 Å². The zero-order valence-electron chi connectivity index (χ0n) is 11.5. The predicted octanol–water partition coefficient (Wildman–Crippen LogP) is 2.67. The van der Waals surface area contributed by atoms with Gasteiger partial charge in [-0.3, -0.25) is 4.79 Å². The van der Waals surface area contributed by atoms with Gasteiger partial charge in [0.15, 0.2) is 0 Å². The molecule has 1 N–H and O–H groups in total. The van der Waals surface area contributed by atoms with Crippen molar-refractivity contribution in [1.82, 2.24) is 10.2 Å². The minimum atomic E-state index is -4.81. The molecule has 21 heavy (non-hydrogen) atoms. The van der Waals surface area contributed by atoms with Gasteiger partial charge in [0.1, 0.15) is 5.82 Å². The van der Waals surface area contributed by atoms with Crippen LogP contribution in [-0.2, 0) is 6.18 Å². The van der Waals surface area contributed by atoms with E-state index in [-0.39, 0.29) is 6.04 Å². The predicted molar refractivity (Wildman–Crippen MR) is 69.4 cm³/mol. The molecule has 1 atom stereocenters. The average Bonchev–Trinajstić information content (AvgIpc) is 2.45. The molecule has 0 radical (unpaired) electrons. The first-order chi connectivity index (χ1) is 9.82. The Labute approximate surface area is 119 Å². The van der Waals surface area contributed by atoms with E-state index in [4.69, 9.17) is 0 Å². The highest BCUT2D eigenvalue weighted by atomic mass is 19.4. The van der Waals surface area contributed by atoms with Crippen molar-refractivity contribution in [2.75, 3.05) is 20.1 Å². The summed E-state index contributed by atoms with van der Waals surface area (Å²) in [5.74, 6) is -2.24. The van der Waals surface area contributed by atoms with Crippen LogP contribution in [0.2, 0.25) is 0 Å². The third kappa shape index (κ3) is 3.34. The van der Waals surface area contributed by atoms with Crippen molar-refractivity contribution < 1.29 is 22.4 Å². The number of nitrogens with one attached hydrogen (secondary N) is 1. The summed E-state index contributed by atoms with van der Waals surface area (Å²) >= 11 is 0. The third-order valence-corrected chi connectivity index (χ3v) is 3.67. The molecule has 1 aromatic rings. The number of hydrogen-bond acceptors (Lipinski definition) is 2. The molecule has 0 bridgehead atoms. The van der Waals surface area contributed by atoms with Gasteiger partial charge in [0.2, 0.25) is 0 Å². The van der Waals surface area contributed by atoms with Crippen LogP contribution in [0.25, 0.3) is 0 Å². The van der Waals surface area contributed by atoms with Crippen LogP contribution in [-0.4, -0.2) is 37.0 Å². The second kappa shape index (κ2) is 6.01. The number of benzene rings is 1. The first-order valence-electron chi connectivity index (χ1n) is 6.66. The van der Waals surface area contributed by atoms with Crippen molar-refractivity contribution in [2.45, 2.75) is 25.1 Å². The summed E-state index contributed by atoms with van der Waals surface area (Å²) in [6.07, 6.45) is -3.20. The lowest BCUT2D eigenvalue weighted by molar-refractivity contribution is -0.140. The number of nitrogens with zero attached hydrogens (tertiary/aromatic N) is 1. The highest BCUT2D eigenvalue weighted by molar-refractivity contribution is 5.94. The summed E-state index contributed by atoms with van der Waals surface area (Å²) in [6, 6.07) is 2.63. The van der Waals surface area contributed by atoms with E-state index in [1.807, 2.05) is 0 Å². The summed E-state index contributed by atoms with van der Waals surface area (Å²) in [6.45, 7) is 1.40. The molecule has 1 aliphatic heterocycles. The van der Waals surface area contributed by atoms with E-state index in [0.29, 0.717) is 12.6 Å². The van der Waals surface area contributed by atoms with E-state index in [2.05, 4.69) is 5.32 Å². The van der Waals surface area contributed by atoms with Crippen molar-refractivity contribution in [3.05, 3.63) is 35.1 Å². The zero-order valence-corrected chi connectivity index (χ0v) is 11.5. The van der Waals surface area contributed by atoms with Gasteiger partial charge in [-0.05, 0) is 31.5 Å². The van der Waals surface area contributed by atoms with E-state index in [0.717, 1.165) is 31.5 Å². The largest absolute Gasteiger partial charge is 0.419 e. The minimum absolute atomic E-state index is 0.139. The fourth-order valence-corrected chi connectivity index (χ4v) is 2.44. The summed E-state index contributed by atoms with van der Waals surface area (Å²) in [4.78, 5) is 13.5. The zero-order chi connectivity index (χ0) is 15.6. The second-order valence-corrected chi connectivity index (χ2v) is 5.08. The minimum Gasteiger partial charge on any atom is -0.337 e. The number of rotatable bonds is 2. The molecule has 116 valence electrons. The lowest BCUT2D eigenvalue weighted by Gasteiger charge is -2.32. The van der Waals surface area contributed by atoms with Crippen molar-refractivity contribution in [3.63, 3.8) is 0 Å². The molecule has 1 amide bonds. The van der Waals surface area contributed by atoms with Gasteiger partial charge >= 0.3 is 6.18 Å². The Morgan fingerprint density at radius 3 is 2.67 bits per heavy atom. The number of halogens is 4. The molecule has 2 rings (SSSR count). The van der Waals surface area contributed by atoms with Crippen LogP contribution in [0.3, 0.4) is 0 Å². The summed E-state index contributed by atoms with van der Waals surface area (Å²) in [5, 5.41) is 3.10. The highest BCUT2D eigenvalue weighted by Gasteiger charge is 2.36. The maximum absolute atomic E-state index is 14.0. The van der Waals surface area contributed by atoms with E-state index in [9.17, 15) is 22.4 Å². The quantitative estimate of drug-likeness (QED) is 0.852. The second-order valence-electron chi connectivity index (χ2n) is 5.08. The van der Waals surface area contributed by atoms with Crippen LogP contribution in [0.4, 0.5) is 17.6 Å². The van der Waals surface area contributed by atoms with Crippen molar-refractivity contribution in [3.8, 4) is 0 Å². The molecule has 0 spiro atoms. The van der Waals surface area contributed by atoms with E-state index in [1.54, 1.807) is 0 Å². The van der Waals surface area contributed by atoms with Gasteiger partial charge in [-0.1, -0.05) is 6.07 Å². The van der Waals surface area contributed by atoms with E-state index in [1.165, 1.54) is 11.9 Å². The molecule has 1 unspecified atom stereocenters. The number of likely N-dealkylation sites (N-methyl/N-ethyl adjacent to an activating group) is 1. The van der Waals surface area contributed by atoms with Crippen LogP contribution >= 0.6 is 0 Å². The molecule has 0 saturated carbocycles. The molecule has 3 nitrogen and oxygen atoms in total. The summed E-state index contributed by atoms with van der Waals surface area (Å²) in [7, 11) is 1.49. The van der Waals surface area contributed by atoms with Gasteiger partial charge in [-0.25, -0.2) is 4.39 Å². The fraction of sp³-hybridized carbons (Fsp3) is 0.500. The number of alkyl halides is 3. The molecular weight excluding hydrogens is 288 g/mol. The highest BCUT2D eigenvalue weighted by Crippen LogP contribution is 2.32. The Morgan fingerprint density at radius 2 is 2.10 bits per heavy atom. The molecule has 1 saturated heterocycles. The number of piperidine rings is 1. The topological polar surface area (TPSA) is 32.3 Å². The lowest BCUT2D eigenvalue weighted by Crippen LogP contribution is -2.46. The van der Waals surface area contributed by atoms with Gasteiger partial charge in [0.25, 0.3) is 5.91 Å². The van der Waals surface area contributed by atoms with Crippen LogP contribution in [0.1, 0.15) is 28.8 Å². The van der Waals surface area contributed by atoms with Crippen molar-refractivity contribution in [2.24, 2.45) is 0 Å². The lowest BCUT2D eigenvalue weighted by atomic mass is 10.0. The Kier molecular flexibility index (Phi) is 4.51. The number of hydrogen-bond donors (Lipinski definition) is 1. The molecule has 7 heteroatoms. The molecule has 1 heterocycles. The van der Waals surface area contributed by atoms with Gasteiger partial charge in [-0.15, -0.1) is 0 Å². The SMILES string of the molecule is CN(C(=O)c1cccc(C(F)(F)F)c1F)C1CCCNC1. The number of carbonyl (C=O) groups is 1. The third-order valence-electron chi connectivity index (χ3n) is 3.67. The van der Waals surface area contributed by atoms with Crippen molar-refractivity contribution >= 4 is 5.91 Å². The van der Waals surface area contributed by atoms with Gasteiger partial charge < -0.3 is 10.2 Å². The first-order valence-corrected chi connectivity index (χ1v) is 6.66. The number of amides is 1. The number of carbonyl (C=O) groups excluding carboxylic acids is 1. The monoisotopic (exact) mass is 304 g/mol. The maximum atomic E-state index is 14.0. The van der Waals surface area contributed by atoms with Gasteiger partial charge in [-0.2, -0.15) is 13.2 Å². The smallest absolute Gasteiger partial charge is 0.337 e. The Balaban J connectivity index is 2.27. The van der Waals surface area contributed by atoms with Crippen molar-refractivity contribution in [1.29, 1.82) is 0 Å². The summed E-state index contributed by atoms with van der Waals surface area (Å²) in [5.41, 5.74) is -1.96. The normalized spacial score (nSPS) is 19.4. The molecular formula is C14H16F4N2O. The van der Waals surface area contributed by atoms with Gasteiger partial charge in [0.05, 0.1) is 11.1 Å². The van der Waals surface area contributed by atoms with Crippen LogP contribution in [0.5, 0.6) is 0 Å². The molecule has 1 aliphatic rings. The van der Waals surface area contributed by atoms with Crippen LogP contribution in [0, 0.1) is 5.82 Å². The Morgan fingerprint density at radius 1 is 1.38 bits per heavy atom. The standard InChI is InChI=1S/C14H16F4N2O/c1-20(9-4-3-7-19-8-9)13(21)10-5-2-6-11(12(10)15)14(16,17)18/h2,5-6,9,19H,3-4,7-8H2,1H3. The maximum Gasteiger partial charge on any atom is 0.419 e.